The van der Waals surface area contributed by atoms with Crippen molar-refractivity contribution in [2.75, 3.05) is 17.9 Å². The zero-order chi connectivity index (χ0) is 30.3. The summed E-state index contributed by atoms with van der Waals surface area (Å²) >= 11 is 18.4. The highest BCUT2D eigenvalue weighted by atomic mass is 35.5. The van der Waals surface area contributed by atoms with Crippen LogP contribution in [0.5, 0.6) is 0 Å². The molecule has 4 rings (SSSR count). The van der Waals surface area contributed by atoms with Gasteiger partial charge in [0.15, 0.2) is 0 Å². The van der Waals surface area contributed by atoms with Crippen LogP contribution >= 0.6 is 34.8 Å². The first-order valence-electron chi connectivity index (χ1n) is 12.9. The van der Waals surface area contributed by atoms with E-state index in [2.05, 4.69) is 5.32 Å². The van der Waals surface area contributed by atoms with Crippen LogP contribution in [-0.2, 0) is 32.6 Å². The first-order valence-corrected chi connectivity index (χ1v) is 15.5. The summed E-state index contributed by atoms with van der Waals surface area (Å²) in [5.74, 6) is -0.994. The maximum absolute atomic E-state index is 14.2. The van der Waals surface area contributed by atoms with Crippen LogP contribution in [0, 0.1) is 0 Å². The van der Waals surface area contributed by atoms with Crippen LogP contribution in [0.25, 0.3) is 0 Å². The monoisotopic (exact) mass is 643 g/mol. The molecule has 0 aliphatic carbocycles. The average molecular weight is 645 g/mol. The highest BCUT2D eigenvalue weighted by Gasteiger charge is 2.34. The van der Waals surface area contributed by atoms with Crippen molar-refractivity contribution in [1.82, 2.24) is 10.2 Å². The molecule has 1 unspecified atom stereocenters. The average Bonchev–Trinajstić information content (AvgIpc) is 3.00. The van der Waals surface area contributed by atoms with Crippen LogP contribution < -0.4 is 9.62 Å². The standard InChI is InChI=1S/C31H28Cl3N3O4S/c1-35-31(39)29(19-22-8-4-2-5-9-22)36(20-23-12-17-27(33)28(34)18-23)30(38)21-37(25-10-6-3-7-11-25)42(40,41)26-15-13-24(32)14-16-26/h2-18,29H,19-21H2,1H3,(H,35,39). The van der Waals surface area contributed by atoms with E-state index in [0.717, 1.165) is 9.87 Å². The Morgan fingerprint density at radius 2 is 1.40 bits per heavy atom. The highest BCUT2D eigenvalue weighted by Crippen LogP contribution is 2.27. The molecule has 1 N–H and O–H groups in total. The Morgan fingerprint density at radius 1 is 0.786 bits per heavy atom. The zero-order valence-corrected chi connectivity index (χ0v) is 25.7. The molecule has 0 heterocycles. The van der Waals surface area contributed by atoms with Crippen LogP contribution in [0.3, 0.4) is 0 Å². The van der Waals surface area contributed by atoms with Crippen molar-refractivity contribution in [3.05, 3.63) is 129 Å². The van der Waals surface area contributed by atoms with E-state index < -0.39 is 34.4 Å². The molecule has 42 heavy (non-hydrogen) atoms. The number of nitrogens with zero attached hydrogens (tertiary/aromatic N) is 2. The summed E-state index contributed by atoms with van der Waals surface area (Å²) in [5, 5.41) is 3.65. The lowest BCUT2D eigenvalue weighted by Crippen LogP contribution is -2.53. The van der Waals surface area contributed by atoms with E-state index in [-0.39, 0.29) is 28.6 Å². The first kappa shape index (κ1) is 31.4. The van der Waals surface area contributed by atoms with Gasteiger partial charge in [-0.15, -0.1) is 0 Å². The van der Waals surface area contributed by atoms with Crippen molar-refractivity contribution in [1.29, 1.82) is 0 Å². The van der Waals surface area contributed by atoms with Crippen LogP contribution in [0.4, 0.5) is 5.69 Å². The molecule has 218 valence electrons. The summed E-state index contributed by atoms with van der Waals surface area (Å²) in [4.78, 5) is 28.8. The normalized spacial score (nSPS) is 11.9. The molecule has 0 radical (unpaired) electrons. The predicted octanol–water partition coefficient (Wildman–Crippen LogP) is 6.23. The Labute approximate surface area is 260 Å². The summed E-state index contributed by atoms with van der Waals surface area (Å²) in [6.45, 7) is -0.594. The number of amides is 2. The smallest absolute Gasteiger partial charge is 0.264 e. The number of nitrogens with one attached hydrogen (secondary N) is 1. The van der Waals surface area contributed by atoms with Crippen molar-refractivity contribution >= 4 is 62.3 Å². The number of likely N-dealkylation sites (N-methyl/N-ethyl adjacent to an activating group) is 1. The Balaban J connectivity index is 1.78. The number of benzene rings is 4. The van der Waals surface area contributed by atoms with Gasteiger partial charge in [0.2, 0.25) is 11.8 Å². The summed E-state index contributed by atoms with van der Waals surface area (Å²) < 4.78 is 28.8. The van der Waals surface area contributed by atoms with Crippen LogP contribution in [0.1, 0.15) is 11.1 Å². The highest BCUT2D eigenvalue weighted by molar-refractivity contribution is 7.92. The molecular weight excluding hydrogens is 617 g/mol. The number of para-hydroxylation sites is 1. The molecular formula is C31H28Cl3N3O4S. The van der Waals surface area contributed by atoms with Crippen molar-refractivity contribution in [2.24, 2.45) is 0 Å². The molecule has 1 atom stereocenters. The van der Waals surface area contributed by atoms with Gasteiger partial charge in [-0.1, -0.05) is 89.4 Å². The predicted molar refractivity (Wildman–Crippen MR) is 167 cm³/mol. The number of sulfonamides is 1. The maximum Gasteiger partial charge on any atom is 0.264 e. The number of hydrogen-bond acceptors (Lipinski definition) is 4. The van der Waals surface area contributed by atoms with E-state index in [1.165, 1.54) is 36.2 Å². The Bertz CT molecular complexity index is 1640. The van der Waals surface area contributed by atoms with Gasteiger partial charge in [0.25, 0.3) is 10.0 Å². The Kier molecular flexibility index (Phi) is 10.5. The maximum atomic E-state index is 14.2. The van der Waals surface area contributed by atoms with Gasteiger partial charge in [-0.3, -0.25) is 13.9 Å². The van der Waals surface area contributed by atoms with Gasteiger partial charge >= 0.3 is 0 Å². The fourth-order valence-electron chi connectivity index (χ4n) is 4.41. The van der Waals surface area contributed by atoms with Crippen LogP contribution in [0.15, 0.2) is 108 Å². The lowest BCUT2D eigenvalue weighted by Gasteiger charge is -2.33. The molecule has 0 fully saturated rings. The van der Waals surface area contributed by atoms with Gasteiger partial charge in [-0.05, 0) is 59.7 Å². The molecule has 0 aliphatic rings. The lowest BCUT2D eigenvalue weighted by molar-refractivity contribution is -0.139. The van der Waals surface area contributed by atoms with E-state index in [4.69, 9.17) is 34.8 Å². The zero-order valence-electron chi connectivity index (χ0n) is 22.6. The minimum Gasteiger partial charge on any atom is -0.357 e. The summed E-state index contributed by atoms with van der Waals surface area (Å²) in [7, 11) is -2.72. The fraction of sp³-hybridized carbons (Fsp3) is 0.161. The summed E-state index contributed by atoms with van der Waals surface area (Å²) in [5.41, 5.74) is 1.73. The second-order valence-electron chi connectivity index (χ2n) is 9.39. The van der Waals surface area contributed by atoms with Gasteiger partial charge in [0.1, 0.15) is 12.6 Å². The van der Waals surface area contributed by atoms with Crippen molar-refractivity contribution < 1.29 is 18.0 Å². The molecule has 0 aliphatic heterocycles. The van der Waals surface area contributed by atoms with E-state index in [1.54, 1.807) is 48.5 Å². The van der Waals surface area contributed by atoms with E-state index >= 15 is 0 Å². The lowest BCUT2D eigenvalue weighted by atomic mass is 10.0. The Hall–Kier alpha value is -3.56. The molecule has 4 aromatic rings. The molecule has 0 saturated heterocycles. The third-order valence-corrected chi connectivity index (χ3v) is 9.36. The fourth-order valence-corrected chi connectivity index (χ4v) is 6.27. The van der Waals surface area contributed by atoms with E-state index in [9.17, 15) is 18.0 Å². The first-order chi connectivity index (χ1) is 20.1. The number of halogens is 3. The number of anilines is 1. The van der Waals surface area contributed by atoms with Gasteiger partial charge in [-0.25, -0.2) is 8.42 Å². The SMILES string of the molecule is CNC(=O)C(Cc1ccccc1)N(Cc1ccc(Cl)c(Cl)c1)C(=O)CN(c1ccccc1)S(=O)(=O)c1ccc(Cl)cc1. The second kappa shape index (κ2) is 14.1. The second-order valence-corrected chi connectivity index (χ2v) is 12.5. The quantitative estimate of drug-likeness (QED) is 0.210. The van der Waals surface area contributed by atoms with E-state index in [0.29, 0.717) is 15.6 Å². The third-order valence-electron chi connectivity index (χ3n) is 6.58. The van der Waals surface area contributed by atoms with Crippen LogP contribution in [-0.4, -0.2) is 44.8 Å². The van der Waals surface area contributed by atoms with Gasteiger partial charge < -0.3 is 10.2 Å². The van der Waals surface area contributed by atoms with Crippen molar-refractivity contribution in [3.8, 4) is 0 Å². The Morgan fingerprint density at radius 3 is 2.00 bits per heavy atom. The molecule has 0 saturated carbocycles. The topological polar surface area (TPSA) is 86.8 Å². The molecule has 4 aromatic carbocycles. The third kappa shape index (κ3) is 7.63. The van der Waals surface area contributed by atoms with Crippen LogP contribution in [0.2, 0.25) is 15.1 Å². The molecule has 11 heteroatoms. The van der Waals surface area contributed by atoms with E-state index in [1.807, 2.05) is 30.3 Å². The molecule has 2 amide bonds. The molecule has 0 spiro atoms. The molecule has 0 bridgehead atoms. The number of hydrogen-bond donors (Lipinski definition) is 1. The number of rotatable bonds is 11. The number of carbonyl (C=O) groups excluding carboxylic acids is 2. The molecule has 0 aromatic heterocycles. The largest absolute Gasteiger partial charge is 0.357 e. The van der Waals surface area contributed by atoms with Gasteiger partial charge in [-0.2, -0.15) is 0 Å². The minimum atomic E-state index is -4.21. The number of carbonyl (C=O) groups is 2. The van der Waals surface area contributed by atoms with Gasteiger partial charge in [0.05, 0.1) is 20.6 Å². The molecule has 7 nitrogen and oxygen atoms in total. The summed E-state index contributed by atoms with van der Waals surface area (Å²) in [6.07, 6.45) is 0.197. The minimum absolute atomic E-state index is 0.0235. The van der Waals surface area contributed by atoms with Crippen molar-refractivity contribution in [3.63, 3.8) is 0 Å². The van der Waals surface area contributed by atoms with Gasteiger partial charge in [0, 0.05) is 25.0 Å². The summed E-state index contributed by atoms with van der Waals surface area (Å²) in [6, 6.07) is 27.3. The van der Waals surface area contributed by atoms with Crippen molar-refractivity contribution in [2.45, 2.75) is 23.9 Å².